The van der Waals surface area contributed by atoms with Crippen LogP contribution in [0.1, 0.15) is 26.5 Å². The molecule has 1 unspecified atom stereocenters. The number of ether oxygens (including phenoxy) is 2. The molecule has 2 rings (SSSR count). The van der Waals surface area contributed by atoms with E-state index in [0.29, 0.717) is 12.3 Å². The van der Waals surface area contributed by atoms with Gasteiger partial charge < -0.3 is 14.8 Å². The van der Waals surface area contributed by atoms with Crippen LogP contribution >= 0.6 is 11.3 Å². The number of methoxy groups -OCH3 is 1. The first-order chi connectivity index (χ1) is 7.72. The molecule has 0 saturated carbocycles. The highest BCUT2D eigenvalue weighted by Crippen LogP contribution is 2.26. The zero-order valence-corrected chi connectivity index (χ0v) is 10.1. The Morgan fingerprint density at radius 2 is 2.50 bits per heavy atom. The Bertz CT molecular complexity index is 385. The van der Waals surface area contributed by atoms with Crippen LogP contribution in [0.5, 0.6) is 0 Å². The number of thiazole rings is 1. The number of carbonyl (C=O) groups excluding carboxylic acids is 1. The molecule has 1 aliphatic rings. The van der Waals surface area contributed by atoms with Gasteiger partial charge in [-0.15, -0.1) is 11.3 Å². The molecule has 1 aromatic rings. The molecule has 1 aliphatic heterocycles. The third kappa shape index (κ3) is 2.23. The standard InChI is InChI=1S/C10H14N2O3S/c1-6-8(10(13)14-2)12-9(16-6)7-5-11-3-4-15-7/h7,11H,3-5H2,1-2H3. The van der Waals surface area contributed by atoms with Crippen molar-refractivity contribution in [1.29, 1.82) is 0 Å². The zero-order valence-electron chi connectivity index (χ0n) is 9.28. The van der Waals surface area contributed by atoms with Crippen molar-refractivity contribution < 1.29 is 14.3 Å². The van der Waals surface area contributed by atoms with Crippen molar-refractivity contribution in [2.45, 2.75) is 13.0 Å². The number of rotatable bonds is 2. The summed E-state index contributed by atoms with van der Waals surface area (Å²) in [6.45, 7) is 4.15. The molecule has 1 N–H and O–H groups in total. The van der Waals surface area contributed by atoms with Crippen molar-refractivity contribution >= 4 is 17.3 Å². The van der Waals surface area contributed by atoms with Crippen molar-refractivity contribution in [3.8, 4) is 0 Å². The quantitative estimate of drug-likeness (QED) is 0.781. The second-order valence-corrected chi connectivity index (χ2v) is 4.75. The molecule has 0 bridgehead atoms. The van der Waals surface area contributed by atoms with E-state index < -0.39 is 0 Å². The van der Waals surface area contributed by atoms with Gasteiger partial charge in [0.05, 0.1) is 13.7 Å². The number of nitrogens with one attached hydrogen (secondary N) is 1. The topological polar surface area (TPSA) is 60.5 Å². The molecule has 5 nitrogen and oxygen atoms in total. The average molecular weight is 242 g/mol. The average Bonchev–Trinajstić information content (AvgIpc) is 2.71. The first-order valence-electron chi connectivity index (χ1n) is 5.10. The molecule has 1 saturated heterocycles. The summed E-state index contributed by atoms with van der Waals surface area (Å²) in [4.78, 5) is 16.6. The van der Waals surface area contributed by atoms with Gasteiger partial charge in [0.2, 0.25) is 0 Å². The van der Waals surface area contributed by atoms with Crippen LogP contribution in [0, 0.1) is 6.92 Å². The molecule has 0 spiro atoms. The van der Waals surface area contributed by atoms with Gasteiger partial charge in [0.25, 0.3) is 0 Å². The maximum absolute atomic E-state index is 11.4. The summed E-state index contributed by atoms with van der Waals surface area (Å²) < 4.78 is 10.2. The summed E-state index contributed by atoms with van der Waals surface area (Å²) in [6, 6.07) is 0. The maximum Gasteiger partial charge on any atom is 0.357 e. The Kier molecular flexibility index (Phi) is 3.52. The number of esters is 1. The maximum atomic E-state index is 11.4. The van der Waals surface area contributed by atoms with Gasteiger partial charge in [0.15, 0.2) is 5.69 Å². The van der Waals surface area contributed by atoms with Crippen molar-refractivity contribution in [3.63, 3.8) is 0 Å². The van der Waals surface area contributed by atoms with E-state index in [0.717, 1.165) is 23.0 Å². The number of hydrogen-bond acceptors (Lipinski definition) is 6. The van der Waals surface area contributed by atoms with E-state index in [9.17, 15) is 4.79 Å². The molecule has 0 aliphatic carbocycles. The third-order valence-corrected chi connectivity index (χ3v) is 3.46. The predicted molar refractivity (Wildman–Crippen MR) is 59.8 cm³/mol. The summed E-state index contributed by atoms with van der Waals surface area (Å²) in [5.41, 5.74) is 0.400. The molecule has 2 heterocycles. The second kappa shape index (κ2) is 4.90. The van der Waals surface area contributed by atoms with Crippen LogP contribution in [0.3, 0.4) is 0 Å². The summed E-state index contributed by atoms with van der Waals surface area (Å²) in [6.07, 6.45) is -0.0455. The summed E-state index contributed by atoms with van der Waals surface area (Å²) in [7, 11) is 1.36. The van der Waals surface area contributed by atoms with E-state index in [1.807, 2.05) is 6.92 Å². The zero-order chi connectivity index (χ0) is 11.5. The lowest BCUT2D eigenvalue weighted by molar-refractivity contribution is 0.0273. The number of hydrogen-bond donors (Lipinski definition) is 1. The van der Waals surface area contributed by atoms with Crippen molar-refractivity contribution in [3.05, 3.63) is 15.6 Å². The Balaban J connectivity index is 2.19. The minimum Gasteiger partial charge on any atom is -0.464 e. The van der Waals surface area contributed by atoms with Gasteiger partial charge in [-0.05, 0) is 6.92 Å². The smallest absolute Gasteiger partial charge is 0.357 e. The third-order valence-electron chi connectivity index (χ3n) is 2.39. The molecule has 88 valence electrons. The Morgan fingerprint density at radius 1 is 1.69 bits per heavy atom. The molecular weight excluding hydrogens is 228 g/mol. The summed E-state index contributed by atoms with van der Waals surface area (Å²) in [5, 5.41) is 4.07. The van der Waals surface area contributed by atoms with E-state index in [1.165, 1.54) is 18.4 Å². The summed E-state index contributed by atoms with van der Waals surface area (Å²) in [5.74, 6) is -0.385. The van der Waals surface area contributed by atoms with Crippen LogP contribution < -0.4 is 5.32 Å². The number of carbonyl (C=O) groups is 1. The number of aryl methyl sites for hydroxylation is 1. The van der Waals surface area contributed by atoms with E-state index in [4.69, 9.17) is 4.74 Å². The molecule has 1 aromatic heterocycles. The van der Waals surface area contributed by atoms with Crippen molar-refractivity contribution in [1.82, 2.24) is 10.3 Å². The van der Waals surface area contributed by atoms with Gasteiger partial charge in [-0.1, -0.05) is 0 Å². The van der Waals surface area contributed by atoms with E-state index in [2.05, 4.69) is 15.0 Å². The Labute approximate surface area is 97.8 Å². The fourth-order valence-corrected chi connectivity index (χ4v) is 2.52. The minimum absolute atomic E-state index is 0.0455. The first kappa shape index (κ1) is 11.5. The molecule has 0 aromatic carbocycles. The highest BCUT2D eigenvalue weighted by molar-refractivity contribution is 7.11. The van der Waals surface area contributed by atoms with Crippen LogP contribution in [0.15, 0.2) is 0 Å². The second-order valence-electron chi connectivity index (χ2n) is 3.51. The normalized spacial score (nSPS) is 20.8. The number of aromatic nitrogens is 1. The monoisotopic (exact) mass is 242 g/mol. The van der Waals surface area contributed by atoms with Gasteiger partial charge in [0.1, 0.15) is 11.1 Å². The van der Waals surface area contributed by atoms with E-state index >= 15 is 0 Å². The van der Waals surface area contributed by atoms with Crippen molar-refractivity contribution in [2.75, 3.05) is 26.8 Å². The molecule has 6 heteroatoms. The van der Waals surface area contributed by atoms with Gasteiger partial charge in [-0.25, -0.2) is 9.78 Å². The van der Waals surface area contributed by atoms with E-state index in [-0.39, 0.29) is 12.1 Å². The first-order valence-corrected chi connectivity index (χ1v) is 5.92. The van der Waals surface area contributed by atoms with E-state index in [1.54, 1.807) is 0 Å². The van der Waals surface area contributed by atoms with Gasteiger partial charge in [-0.2, -0.15) is 0 Å². The van der Waals surface area contributed by atoms with Crippen LogP contribution in [-0.2, 0) is 9.47 Å². The van der Waals surface area contributed by atoms with Crippen LogP contribution in [0.25, 0.3) is 0 Å². The highest BCUT2D eigenvalue weighted by Gasteiger charge is 2.23. The Morgan fingerprint density at radius 3 is 3.12 bits per heavy atom. The van der Waals surface area contributed by atoms with Gasteiger partial charge in [0, 0.05) is 18.0 Å². The van der Waals surface area contributed by atoms with Gasteiger partial charge >= 0.3 is 5.97 Å². The van der Waals surface area contributed by atoms with Crippen LogP contribution in [0.2, 0.25) is 0 Å². The molecule has 1 atom stereocenters. The summed E-state index contributed by atoms with van der Waals surface area (Å²) >= 11 is 1.49. The molecule has 1 fully saturated rings. The number of nitrogens with zero attached hydrogens (tertiary/aromatic N) is 1. The van der Waals surface area contributed by atoms with Crippen molar-refractivity contribution in [2.24, 2.45) is 0 Å². The molecule has 0 amide bonds. The fourth-order valence-electron chi connectivity index (χ4n) is 1.56. The van der Waals surface area contributed by atoms with Gasteiger partial charge in [-0.3, -0.25) is 0 Å². The highest BCUT2D eigenvalue weighted by atomic mass is 32.1. The fraction of sp³-hybridized carbons (Fsp3) is 0.600. The Hall–Kier alpha value is -0.980. The molecular formula is C10H14N2O3S. The predicted octanol–water partition coefficient (Wildman–Crippen LogP) is 0.899. The number of morpholine rings is 1. The lowest BCUT2D eigenvalue weighted by Gasteiger charge is -2.21. The lowest BCUT2D eigenvalue weighted by atomic mass is 10.3. The minimum atomic E-state index is -0.385. The van der Waals surface area contributed by atoms with Crippen LogP contribution in [0.4, 0.5) is 0 Å². The molecule has 16 heavy (non-hydrogen) atoms. The largest absolute Gasteiger partial charge is 0.464 e. The lowest BCUT2D eigenvalue weighted by Crippen LogP contribution is -2.33. The molecule has 0 radical (unpaired) electrons. The van der Waals surface area contributed by atoms with Crippen LogP contribution in [-0.4, -0.2) is 37.8 Å². The SMILES string of the molecule is COC(=O)c1nc(C2CNCCO2)sc1C.